The van der Waals surface area contributed by atoms with E-state index in [1.165, 1.54) is 19.3 Å². The van der Waals surface area contributed by atoms with Gasteiger partial charge in [-0.1, -0.05) is 24.1 Å². The topological polar surface area (TPSA) is 35.5 Å². The highest BCUT2D eigenvalue weighted by Gasteiger charge is 2.35. The Morgan fingerprint density at radius 2 is 2.00 bits per heavy atom. The first-order valence-corrected chi connectivity index (χ1v) is 8.47. The lowest BCUT2D eigenvalue weighted by molar-refractivity contribution is 0.0819. The molecule has 1 heterocycles. The van der Waals surface area contributed by atoms with Gasteiger partial charge >= 0.3 is 0 Å². The van der Waals surface area contributed by atoms with Gasteiger partial charge in [-0.2, -0.15) is 0 Å². The van der Waals surface area contributed by atoms with Gasteiger partial charge in [0.15, 0.2) is 0 Å². The van der Waals surface area contributed by atoms with Crippen LogP contribution in [0.15, 0.2) is 16.6 Å². The SMILES string of the molecule is Oc1c([C@H](C2CCC2)N2CCNCC2)ccc(Cl)c1Br. The Hall–Kier alpha value is -0.290. The van der Waals surface area contributed by atoms with E-state index in [2.05, 4.69) is 26.1 Å². The Morgan fingerprint density at radius 1 is 1.30 bits per heavy atom. The molecule has 1 aromatic carbocycles. The molecule has 0 spiro atoms. The van der Waals surface area contributed by atoms with Gasteiger partial charge in [0.25, 0.3) is 0 Å². The number of hydrogen-bond acceptors (Lipinski definition) is 3. The Labute approximate surface area is 133 Å². The van der Waals surface area contributed by atoms with Crippen LogP contribution in [0.2, 0.25) is 5.02 Å². The van der Waals surface area contributed by atoms with E-state index >= 15 is 0 Å². The van der Waals surface area contributed by atoms with Gasteiger partial charge in [-0.3, -0.25) is 4.90 Å². The molecule has 0 bridgehead atoms. The molecule has 1 saturated heterocycles. The maximum absolute atomic E-state index is 10.5. The second-order valence-corrected chi connectivity index (χ2v) is 6.92. The van der Waals surface area contributed by atoms with Crippen molar-refractivity contribution < 1.29 is 5.11 Å². The van der Waals surface area contributed by atoms with E-state index in [9.17, 15) is 5.11 Å². The lowest BCUT2D eigenvalue weighted by Gasteiger charge is -2.43. The van der Waals surface area contributed by atoms with Crippen LogP contribution in [0.3, 0.4) is 0 Å². The zero-order valence-electron chi connectivity index (χ0n) is 11.4. The molecular weight excluding hydrogens is 340 g/mol. The van der Waals surface area contributed by atoms with Gasteiger partial charge in [-0.15, -0.1) is 0 Å². The van der Waals surface area contributed by atoms with Crippen molar-refractivity contribution in [2.45, 2.75) is 25.3 Å². The van der Waals surface area contributed by atoms with Crippen molar-refractivity contribution in [2.24, 2.45) is 5.92 Å². The maximum Gasteiger partial charge on any atom is 0.136 e. The highest BCUT2D eigenvalue weighted by molar-refractivity contribution is 9.10. The molecule has 110 valence electrons. The van der Waals surface area contributed by atoms with Crippen molar-refractivity contribution in [3.05, 3.63) is 27.2 Å². The van der Waals surface area contributed by atoms with Crippen molar-refractivity contribution in [3.63, 3.8) is 0 Å². The van der Waals surface area contributed by atoms with Crippen molar-refractivity contribution in [3.8, 4) is 5.75 Å². The Bertz CT molecular complexity index is 487. The number of rotatable bonds is 3. The Kier molecular flexibility index (Phi) is 4.55. The summed E-state index contributed by atoms with van der Waals surface area (Å²) in [6.07, 6.45) is 3.82. The van der Waals surface area contributed by atoms with Crippen LogP contribution < -0.4 is 5.32 Å². The van der Waals surface area contributed by atoms with E-state index in [4.69, 9.17) is 11.6 Å². The molecule has 1 aromatic rings. The largest absolute Gasteiger partial charge is 0.506 e. The quantitative estimate of drug-likeness (QED) is 0.866. The fraction of sp³-hybridized carbons (Fsp3) is 0.600. The summed E-state index contributed by atoms with van der Waals surface area (Å²) in [7, 11) is 0. The number of hydrogen-bond donors (Lipinski definition) is 2. The van der Waals surface area contributed by atoms with Gasteiger partial charge in [0.1, 0.15) is 5.75 Å². The van der Waals surface area contributed by atoms with Gasteiger partial charge in [0, 0.05) is 37.8 Å². The van der Waals surface area contributed by atoms with Crippen LogP contribution in [-0.2, 0) is 0 Å². The molecule has 1 aliphatic heterocycles. The molecule has 1 aliphatic carbocycles. The van der Waals surface area contributed by atoms with Gasteiger partial charge in [0.2, 0.25) is 0 Å². The third kappa shape index (κ3) is 2.71. The standard InChI is InChI=1S/C15H20BrClN2O/c16-13-12(17)5-4-11(15(13)20)14(10-2-1-3-10)19-8-6-18-7-9-19/h4-5,10,14,18,20H,1-3,6-9H2/t14-/m0/s1. The van der Waals surface area contributed by atoms with Crippen molar-refractivity contribution in [2.75, 3.05) is 26.2 Å². The summed E-state index contributed by atoms with van der Waals surface area (Å²) < 4.78 is 0.621. The molecule has 1 saturated carbocycles. The minimum atomic E-state index is 0.313. The number of halogens is 2. The zero-order valence-corrected chi connectivity index (χ0v) is 13.8. The molecular formula is C15H20BrClN2O. The normalized spacial score (nSPS) is 22.5. The van der Waals surface area contributed by atoms with Crippen LogP contribution in [0.5, 0.6) is 5.75 Å². The van der Waals surface area contributed by atoms with Crippen LogP contribution in [0.25, 0.3) is 0 Å². The Balaban J connectivity index is 1.94. The Morgan fingerprint density at radius 3 is 2.60 bits per heavy atom. The fourth-order valence-electron chi connectivity index (χ4n) is 3.26. The van der Waals surface area contributed by atoms with Gasteiger partial charge in [-0.05, 0) is 40.8 Å². The average molecular weight is 360 g/mol. The molecule has 2 fully saturated rings. The van der Waals surface area contributed by atoms with Crippen molar-refractivity contribution >= 4 is 27.5 Å². The summed E-state index contributed by atoms with van der Waals surface area (Å²) in [5.74, 6) is 0.972. The molecule has 0 amide bonds. The molecule has 0 unspecified atom stereocenters. The van der Waals surface area contributed by atoms with Crippen LogP contribution in [0, 0.1) is 5.92 Å². The predicted octanol–water partition coefficient (Wildman–Crippen LogP) is 3.55. The van der Waals surface area contributed by atoms with Crippen LogP contribution in [0.1, 0.15) is 30.9 Å². The monoisotopic (exact) mass is 358 g/mol. The summed E-state index contributed by atoms with van der Waals surface area (Å²) in [6.45, 7) is 4.14. The van der Waals surface area contributed by atoms with E-state index in [-0.39, 0.29) is 0 Å². The second-order valence-electron chi connectivity index (χ2n) is 5.72. The number of benzene rings is 1. The lowest BCUT2D eigenvalue weighted by Crippen LogP contribution is -2.47. The molecule has 0 aromatic heterocycles. The van der Waals surface area contributed by atoms with E-state index < -0.39 is 0 Å². The molecule has 1 atom stereocenters. The van der Waals surface area contributed by atoms with E-state index in [0.717, 1.165) is 31.7 Å². The number of phenolic OH excluding ortho intramolecular Hbond substituents is 1. The molecule has 3 rings (SSSR count). The number of phenols is 1. The number of aromatic hydroxyl groups is 1. The minimum absolute atomic E-state index is 0.313. The van der Waals surface area contributed by atoms with Crippen LogP contribution in [0.4, 0.5) is 0 Å². The lowest BCUT2D eigenvalue weighted by atomic mass is 9.76. The predicted molar refractivity (Wildman–Crippen MR) is 85.3 cm³/mol. The van der Waals surface area contributed by atoms with E-state index in [1.807, 2.05) is 12.1 Å². The molecule has 2 aliphatic rings. The van der Waals surface area contributed by atoms with E-state index in [0.29, 0.717) is 27.2 Å². The highest BCUT2D eigenvalue weighted by atomic mass is 79.9. The summed E-state index contributed by atoms with van der Waals surface area (Å²) in [6, 6.07) is 4.20. The molecule has 2 N–H and O–H groups in total. The third-order valence-corrected chi connectivity index (χ3v) is 5.91. The van der Waals surface area contributed by atoms with Crippen molar-refractivity contribution in [1.29, 1.82) is 0 Å². The van der Waals surface area contributed by atoms with Gasteiger partial charge < -0.3 is 10.4 Å². The summed E-state index contributed by atoms with van der Waals surface area (Å²) in [5.41, 5.74) is 1.02. The summed E-state index contributed by atoms with van der Waals surface area (Å²) in [5, 5.41) is 14.4. The maximum atomic E-state index is 10.5. The van der Waals surface area contributed by atoms with E-state index in [1.54, 1.807) is 0 Å². The molecule has 3 nitrogen and oxygen atoms in total. The summed E-state index contributed by atoms with van der Waals surface area (Å²) >= 11 is 9.47. The second kappa shape index (κ2) is 6.22. The molecule has 5 heteroatoms. The highest BCUT2D eigenvalue weighted by Crippen LogP contribution is 2.46. The van der Waals surface area contributed by atoms with Gasteiger partial charge in [-0.25, -0.2) is 0 Å². The first kappa shape index (κ1) is 14.6. The molecule has 0 radical (unpaired) electrons. The number of piperazine rings is 1. The smallest absolute Gasteiger partial charge is 0.136 e. The van der Waals surface area contributed by atoms with Crippen LogP contribution in [-0.4, -0.2) is 36.2 Å². The number of nitrogens with one attached hydrogen (secondary N) is 1. The number of nitrogens with zero attached hydrogens (tertiary/aromatic N) is 1. The van der Waals surface area contributed by atoms with Crippen molar-refractivity contribution in [1.82, 2.24) is 10.2 Å². The van der Waals surface area contributed by atoms with Gasteiger partial charge in [0.05, 0.1) is 9.50 Å². The average Bonchev–Trinajstić information content (AvgIpc) is 2.42. The molecule has 20 heavy (non-hydrogen) atoms. The summed E-state index contributed by atoms with van der Waals surface area (Å²) in [4.78, 5) is 2.51. The fourth-order valence-corrected chi connectivity index (χ4v) is 3.77. The zero-order chi connectivity index (χ0) is 14.1. The third-order valence-electron chi connectivity index (χ3n) is 4.56. The minimum Gasteiger partial charge on any atom is -0.506 e. The first-order valence-electron chi connectivity index (χ1n) is 7.30. The first-order chi connectivity index (χ1) is 9.68. The van der Waals surface area contributed by atoms with Crippen LogP contribution >= 0.6 is 27.5 Å².